The normalized spacial score (nSPS) is 15.6. The molecule has 1 aromatic heterocycles. The Hall–Kier alpha value is -3.06. The highest BCUT2D eigenvalue weighted by atomic mass is 16.6. The molecule has 0 atom stereocenters. The fourth-order valence-electron chi connectivity index (χ4n) is 3.38. The van der Waals surface area contributed by atoms with Crippen LogP contribution in [0.5, 0.6) is 5.75 Å². The van der Waals surface area contributed by atoms with Gasteiger partial charge in [-0.05, 0) is 50.2 Å². The average Bonchev–Trinajstić information content (AvgIpc) is 3.07. The largest absolute Gasteiger partial charge is 0.497 e. The first-order valence-corrected chi connectivity index (χ1v) is 8.73. The molecule has 2 aromatic carbocycles. The van der Waals surface area contributed by atoms with Crippen molar-refractivity contribution in [3.8, 4) is 17.1 Å². The van der Waals surface area contributed by atoms with Crippen molar-refractivity contribution in [1.29, 1.82) is 0 Å². The van der Waals surface area contributed by atoms with Crippen LogP contribution >= 0.6 is 0 Å². The van der Waals surface area contributed by atoms with Crippen LogP contribution in [-0.4, -0.2) is 41.4 Å². The zero-order valence-corrected chi connectivity index (χ0v) is 15.4. The van der Waals surface area contributed by atoms with Crippen LogP contribution in [0.15, 0.2) is 36.4 Å². The van der Waals surface area contributed by atoms with Crippen molar-refractivity contribution in [3.05, 3.63) is 42.0 Å². The third kappa shape index (κ3) is 2.90. The van der Waals surface area contributed by atoms with Crippen LogP contribution in [0.3, 0.4) is 0 Å². The van der Waals surface area contributed by atoms with E-state index >= 15 is 0 Å². The number of aliphatic hydroxyl groups is 1. The second-order valence-corrected chi connectivity index (χ2v) is 6.95. The minimum Gasteiger partial charge on any atom is -0.497 e. The Labute approximate surface area is 156 Å². The number of β-amino-alcohol motifs (C(OH)–C–C–N with tert-alkyl or cyclic N) is 1. The van der Waals surface area contributed by atoms with Crippen molar-refractivity contribution in [3.63, 3.8) is 0 Å². The van der Waals surface area contributed by atoms with E-state index in [1.54, 1.807) is 7.11 Å². The van der Waals surface area contributed by atoms with Crippen molar-refractivity contribution < 1.29 is 19.4 Å². The van der Waals surface area contributed by atoms with E-state index in [0.29, 0.717) is 5.69 Å². The Morgan fingerprint density at radius 1 is 1.26 bits per heavy atom. The van der Waals surface area contributed by atoms with Crippen LogP contribution in [0.25, 0.3) is 22.4 Å². The minimum atomic E-state index is -0.766. The maximum Gasteiger partial charge on any atom is 0.415 e. The zero-order valence-electron chi connectivity index (χ0n) is 15.4. The number of H-pyrrole nitrogens is 1. The van der Waals surface area contributed by atoms with E-state index in [1.807, 2.05) is 50.2 Å². The number of hydrogen-bond acceptors (Lipinski definition) is 5. The van der Waals surface area contributed by atoms with Crippen LogP contribution in [0.1, 0.15) is 19.4 Å². The lowest BCUT2D eigenvalue weighted by Crippen LogP contribution is -2.44. The fraction of sp³-hybridized carbons (Fsp3) is 0.300. The van der Waals surface area contributed by atoms with Gasteiger partial charge >= 0.3 is 6.09 Å². The molecule has 0 fully saturated rings. The molecule has 0 saturated carbocycles. The van der Waals surface area contributed by atoms with Gasteiger partial charge < -0.3 is 19.6 Å². The highest BCUT2D eigenvalue weighted by molar-refractivity contribution is 5.95. The van der Waals surface area contributed by atoms with Gasteiger partial charge in [0.1, 0.15) is 17.2 Å². The van der Waals surface area contributed by atoms with Gasteiger partial charge in [-0.1, -0.05) is 0 Å². The lowest BCUT2D eigenvalue weighted by molar-refractivity contribution is 0.0344. The molecule has 4 rings (SSSR count). The molecule has 1 aliphatic rings. The number of amides is 1. The summed E-state index contributed by atoms with van der Waals surface area (Å²) in [5, 5.41) is 9.32. The van der Waals surface area contributed by atoms with Gasteiger partial charge in [0.05, 0.1) is 37.0 Å². The second kappa shape index (κ2) is 6.28. The zero-order chi connectivity index (χ0) is 19.2. The number of cyclic esters (lactones) is 1. The molecule has 0 bridgehead atoms. The molecule has 0 spiro atoms. The van der Waals surface area contributed by atoms with Gasteiger partial charge in [0.25, 0.3) is 0 Å². The fourth-order valence-corrected chi connectivity index (χ4v) is 3.38. The van der Waals surface area contributed by atoms with Crippen molar-refractivity contribution >= 4 is 22.8 Å². The van der Waals surface area contributed by atoms with E-state index in [9.17, 15) is 9.90 Å². The van der Waals surface area contributed by atoms with Crippen LogP contribution in [0, 0.1) is 0 Å². The van der Waals surface area contributed by atoms with Gasteiger partial charge in [-0.15, -0.1) is 0 Å². The number of hydrogen-bond donors (Lipinski definition) is 2. The molecule has 140 valence electrons. The summed E-state index contributed by atoms with van der Waals surface area (Å²) in [6.45, 7) is 3.73. The molecule has 1 amide bonds. The number of ether oxygens (including phenoxy) is 2. The lowest BCUT2D eigenvalue weighted by atomic mass is 9.93. The van der Waals surface area contributed by atoms with Crippen LogP contribution in [0.2, 0.25) is 0 Å². The van der Waals surface area contributed by atoms with Gasteiger partial charge in [0, 0.05) is 11.1 Å². The summed E-state index contributed by atoms with van der Waals surface area (Å²) < 4.78 is 10.8. The van der Waals surface area contributed by atoms with Gasteiger partial charge in [-0.25, -0.2) is 9.78 Å². The molecule has 0 unspecified atom stereocenters. The van der Waals surface area contributed by atoms with Gasteiger partial charge in [-0.2, -0.15) is 0 Å². The Balaban J connectivity index is 1.84. The molecule has 2 heterocycles. The standard InChI is InChI=1S/C20H21N3O4/c1-20(2)14-10-15-16(11-17(14)23(8-9-24)19(25)27-20)22-18(21-15)12-4-6-13(26-3)7-5-12/h4-7,10-11,24H,8-9H2,1-3H3,(H,21,22). The number of anilines is 1. The number of fused-ring (bicyclic) bond motifs is 2. The van der Waals surface area contributed by atoms with Crippen LogP contribution in [-0.2, 0) is 10.3 Å². The number of benzene rings is 2. The van der Waals surface area contributed by atoms with Gasteiger partial charge in [-0.3, -0.25) is 4.90 Å². The number of rotatable bonds is 4. The van der Waals surface area contributed by atoms with E-state index < -0.39 is 11.7 Å². The third-order valence-electron chi connectivity index (χ3n) is 4.79. The van der Waals surface area contributed by atoms with E-state index in [0.717, 1.165) is 33.7 Å². The maximum atomic E-state index is 12.3. The summed E-state index contributed by atoms with van der Waals surface area (Å²) in [7, 11) is 1.63. The van der Waals surface area contributed by atoms with E-state index in [1.165, 1.54) is 4.90 Å². The van der Waals surface area contributed by atoms with Crippen molar-refractivity contribution in [2.24, 2.45) is 0 Å². The number of carbonyl (C=O) groups is 1. The number of nitrogens with zero attached hydrogens (tertiary/aromatic N) is 2. The Morgan fingerprint density at radius 2 is 2.00 bits per heavy atom. The number of aromatic nitrogens is 2. The predicted octanol–water partition coefficient (Wildman–Crippen LogP) is 3.42. The SMILES string of the molecule is COc1ccc(-c2nc3cc4c(cc3[nH]2)C(C)(C)OC(=O)N4CCO)cc1. The van der Waals surface area contributed by atoms with E-state index in [-0.39, 0.29) is 13.2 Å². The highest BCUT2D eigenvalue weighted by Crippen LogP contribution is 2.41. The molecule has 27 heavy (non-hydrogen) atoms. The van der Waals surface area contributed by atoms with Gasteiger partial charge in [0.2, 0.25) is 0 Å². The monoisotopic (exact) mass is 367 g/mol. The lowest BCUT2D eigenvalue weighted by Gasteiger charge is -2.38. The summed E-state index contributed by atoms with van der Waals surface area (Å²) in [6, 6.07) is 11.5. The van der Waals surface area contributed by atoms with Crippen molar-refractivity contribution in [2.45, 2.75) is 19.4 Å². The molecule has 0 radical (unpaired) electrons. The van der Waals surface area contributed by atoms with Crippen LogP contribution < -0.4 is 9.64 Å². The minimum absolute atomic E-state index is 0.148. The Morgan fingerprint density at radius 3 is 2.67 bits per heavy atom. The predicted molar refractivity (Wildman–Crippen MR) is 102 cm³/mol. The van der Waals surface area contributed by atoms with Crippen molar-refractivity contribution in [2.75, 3.05) is 25.2 Å². The summed E-state index contributed by atoms with van der Waals surface area (Å²) in [6.07, 6.45) is -0.466. The molecule has 1 aliphatic heterocycles. The number of nitrogens with one attached hydrogen (secondary N) is 1. The van der Waals surface area contributed by atoms with Crippen molar-refractivity contribution in [1.82, 2.24) is 9.97 Å². The molecule has 3 aromatic rings. The molecule has 0 aliphatic carbocycles. The highest BCUT2D eigenvalue weighted by Gasteiger charge is 2.38. The Bertz CT molecular complexity index is 1010. The molecular formula is C20H21N3O4. The first-order chi connectivity index (χ1) is 12.9. The first-order valence-electron chi connectivity index (χ1n) is 8.73. The number of aromatic amines is 1. The number of aliphatic hydroxyl groups excluding tert-OH is 1. The summed E-state index contributed by atoms with van der Waals surface area (Å²) in [4.78, 5) is 21.8. The molecule has 2 N–H and O–H groups in total. The van der Waals surface area contributed by atoms with E-state index in [2.05, 4.69) is 9.97 Å². The second-order valence-electron chi connectivity index (χ2n) is 6.95. The number of carbonyl (C=O) groups excluding carboxylic acids is 1. The average molecular weight is 367 g/mol. The van der Waals surface area contributed by atoms with Gasteiger partial charge in [0.15, 0.2) is 0 Å². The summed E-state index contributed by atoms with van der Waals surface area (Å²) in [5.41, 5.74) is 3.35. The smallest absolute Gasteiger partial charge is 0.415 e. The molecule has 0 saturated heterocycles. The molecule has 7 heteroatoms. The summed E-state index contributed by atoms with van der Waals surface area (Å²) in [5.74, 6) is 1.51. The topological polar surface area (TPSA) is 87.7 Å². The Kier molecular flexibility index (Phi) is 4.04. The third-order valence-corrected chi connectivity index (χ3v) is 4.79. The number of imidazole rings is 1. The quantitative estimate of drug-likeness (QED) is 0.738. The molecular weight excluding hydrogens is 346 g/mol. The number of methoxy groups -OCH3 is 1. The van der Waals surface area contributed by atoms with Crippen LogP contribution in [0.4, 0.5) is 10.5 Å². The maximum absolute atomic E-state index is 12.3. The first kappa shape index (κ1) is 17.4. The molecule has 7 nitrogen and oxygen atoms in total. The summed E-state index contributed by atoms with van der Waals surface area (Å²) >= 11 is 0. The van der Waals surface area contributed by atoms with E-state index in [4.69, 9.17) is 9.47 Å².